The van der Waals surface area contributed by atoms with Crippen LogP contribution in [0.2, 0.25) is 5.02 Å². The van der Waals surface area contributed by atoms with Crippen LogP contribution in [-0.4, -0.2) is 46.4 Å². The number of methoxy groups -OCH3 is 2. The van der Waals surface area contributed by atoms with E-state index in [-0.39, 0.29) is 17.6 Å². The second-order valence-electron chi connectivity index (χ2n) is 7.10. The molecule has 3 aromatic rings. The van der Waals surface area contributed by atoms with E-state index < -0.39 is 0 Å². The van der Waals surface area contributed by atoms with E-state index in [4.69, 9.17) is 25.8 Å². The minimum absolute atomic E-state index is 0.164. The lowest BCUT2D eigenvalue weighted by Gasteiger charge is -2.17. The first-order valence-electron chi connectivity index (χ1n) is 9.86. The van der Waals surface area contributed by atoms with Crippen molar-refractivity contribution in [1.82, 2.24) is 20.2 Å². The van der Waals surface area contributed by atoms with Crippen LogP contribution in [0.1, 0.15) is 36.0 Å². The third-order valence-electron chi connectivity index (χ3n) is 5.13. The summed E-state index contributed by atoms with van der Waals surface area (Å²) in [6.07, 6.45) is 5.92. The van der Waals surface area contributed by atoms with Gasteiger partial charge < -0.3 is 19.5 Å². The van der Waals surface area contributed by atoms with Gasteiger partial charge in [0.15, 0.2) is 11.5 Å². The number of halogens is 1. The second-order valence-corrected chi connectivity index (χ2v) is 7.51. The second kappa shape index (κ2) is 9.22. The maximum Gasteiger partial charge on any atom is 0.259 e. The summed E-state index contributed by atoms with van der Waals surface area (Å²) >= 11 is 6.37. The van der Waals surface area contributed by atoms with E-state index in [2.05, 4.69) is 20.8 Å². The van der Waals surface area contributed by atoms with Gasteiger partial charge >= 0.3 is 0 Å². The number of carbonyl (C=O) groups is 1. The fourth-order valence-corrected chi connectivity index (χ4v) is 3.82. The molecule has 1 heterocycles. The Morgan fingerprint density at radius 3 is 2.55 bits per heavy atom. The topological polar surface area (TPSA) is 100 Å². The number of hydrogen-bond acceptors (Lipinski definition) is 7. The molecule has 0 unspecified atom stereocenters. The molecule has 0 bridgehead atoms. The van der Waals surface area contributed by atoms with Gasteiger partial charge in [-0.1, -0.05) is 11.6 Å². The first kappa shape index (κ1) is 20.9. The fourth-order valence-electron chi connectivity index (χ4n) is 3.57. The van der Waals surface area contributed by atoms with Gasteiger partial charge in [-0.25, -0.2) is 0 Å². The monoisotopic (exact) mass is 443 g/mol. The molecule has 0 aliphatic heterocycles. The number of rotatable bonds is 7. The van der Waals surface area contributed by atoms with Crippen molar-refractivity contribution in [2.75, 3.05) is 19.5 Å². The minimum atomic E-state index is -0.376. The SMILES string of the molecule is COc1ccc(NC(=O)c2cc(Cl)c(-n3cnnn3)cc2OC)cc1OC1CCCC1. The molecule has 0 spiro atoms. The molecule has 1 aliphatic rings. The number of aromatic nitrogens is 4. The smallest absolute Gasteiger partial charge is 0.259 e. The lowest BCUT2D eigenvalue weighted by atomic mass is 10.1. The Hall–Kier alpha value is -3.33. The van der Waals surface area contributed by atoms with E-state index in [1.807, 2.05) is 0 Å². The summed E-state index contributed by atoms with van der Waals surface area (Å²) in [5.74, 6) is 1.19. The van der Waals surface area contributed by atoms with Crippen LogP contribution in [0.4, 0.5) is 5.69 Å². The highest BCUT2D eigenvalue weighted by molar-refractivity contribution is 6.33. The van der Waals surface area contributed by atoms with Gasteiger partial charge in [-0.15, -0.1) is 5.10 Å². The van der Waals surface area contributed by atoms with Crippen LogP contribution >= 0.6 is 11.6 Å². The molecule has 10 heteroatoms. The zero-order valence-electron chi connectivity index (χ0n) is 17.2. The number of nitrogens with zero attached hydrogens (tertiary/aromatic N) is 4. The molecule has 4 rings (SSSR count). The third-order valence-corrected chi connectivity index (χ3v) is 5.43. The lowest BCUT2D eigenvalue weighted by Crippen LogP contribution is -2.15. The van der Waals surface area contributed by atoms with Crippen LogP contribution in [0.3, 0.4) is 0 Å². The van der Waals surface area contributed by atoms with E-state index in [0.717, 1.165) is 25.7 Å². The highest BCUT2D eigenvalue weighted by atomic mass is 35.5. The molecular formula is C21H22ClN5O4. The number of nitrogens with one attached hydrogen (secondary N) is 1. The highest BCUT2D eigenvalue weighted by Crippen LogP contribution is 2.35. The Bertz CT molecular complexity index is 1070. The van der Waals surface area contributed by atoms with Crippen LogP contribution < -0.4 is 19.5 Å². The number of tetrazole rings is 1. The molecule has 31 heavy (non-hydrogen) atoms. The molecule has 0 saturated heterocycles. The van der Waals surface area contributed by atoms with Gasteiger partial charge in [-0.05, 0) is 54.3 Å². The molecule has 1 saturated carbocycles. The Morgan fingerprint density at radius 2 is 1.87 bits per heavy atom. The maximum absolute atomic E-state index is 13.0. The van der Waals surface area contributed by atoms with E-state index in [1.165, 1.54) is 24.2 Å². The van der Waals surface area contributed by atoms with Gasteiger partial charge in [-0.3, -0.25) is 4.79 Å². The molecule has 2 aromatic carbocycles. The Labute approximate surface area is 184 Å². The molecule has 162 valence electrons. The zero-order valence-corrected chi connectivity index (χ0v) is 17.9. The van der Waals surface area contributed by atoms with Gasteiger partial charge in [0.25, 0.3) is 5.91 Å². The van der Waals surface area contributed by atoms with E-state index in [0.29, 0.717) is 33.6 Å². The van der Waals surface area contributed by atoms with E-state index >= 15 is 0 Å². The predicted octanol–water partition coefficient (Wildman–Crippen LogP) is 3.91. The summed E-state index contributed by atoms with van der Waals surface area (Å²) in [6.45, 7) is 0. The van der Waals surface area contributed by atoms with Crippen LogP contribution in [0.15, 0.2) is 36.7 Å². The molecule has 1 aromatic heterocycles. The van der Waals surface area contributed by atoms with Crippen molar-refractivity contribution in [3.63, 3.8) is 0 Å². The van der Waals surface area contributed by atoms with Gasteiger partial charge in [0.2, 0.25) is 0 Å². The van der Waals surface area contributed by atoms with Crippen molar-refractivity contribution in [1.29, 1.82) is 0 Å². The molecular weight excluding hydrogens is 422 g/mol. The summed E-state index contributed by atoms with van der Waals surface area (Å²) in [5.41, 5.74) is 1.34. The largest absolute Gasteiger partial charge is 0.496 e. The molecule has 9 nitrogen and oxygen atoms in total. The van der Waals surface area contributed by atoms with Crippen LogP contribution in [0.5, 0.6) is 17.2 Å². The van der Waals surface area contributed by atoms with Crippen LogP contribution in [0.25, 0.3) is 5.69 Å². The summed E-state index contributed by atoms with van der Waals surface area (Å²) in [7, 11) is 3.07. The van der Waals surface area contributed by atoms with Crippen molar-refractivity contribution < 1.29 is 19.0 Å². The molecule has 1 aliphatic carbocycles. The first-order valence-corrected chi connectivity index (χ1v) is 10.2. The first-order chi connectivity index (χ1) is 15.1. The quantitative estimate of drug-likeness (QED) is 0.590. The van der Waals surface area contributed by atoms with Crippen molar-refractivity contribution in [2.45, 2.75) is 31.8 Å². The van der Waals surface area contributed by atoms with Crippen LogP contribution in [0, 0.1) is 0 Å². The lowest BCUT2D eigenvalue weighted by molar-refractivity contribution is 0.102. The van der Waals surface area contributed by atoms with Gasteiger partial charge in [0.1, 0.15) is 12.1 Å². The fraction of sp³-hybridized carbons (Fsp3) is 0.333. The van der Waals surface area contributed by atoms with Gasteiger partial charge in [-0.2, -0.15) is 4.68 Å². The average Bonchev–Trinajstić information content (AvgIpc) is 3.48. The molecule has 0 atom stereocenters. The molecule has 1 N–H and O–H groups in total. The standard InChI is InChI=1S/C21H22ClN5O4/c1-29-18-8-7-13(9-20(18)31-14-5-3-4-6-14)24-21(28)15-10-16(22)17(11-19(15)30-2)27-12-23-25-26-27/h7-12,14H,3-6H2,1-2H3,(H,24,28). The average molecular weight is 444 g/mol. The van der Waals surface area contributed by atoms with Gasteiger partial charge in [0.05, 0.1) is 36.6 Å². The van der Waals surface area contributed by atoms with E-state index in [1.54, 1.807) is 31.4 Å². The predicted molar refractivity (Wildman–Crippen MR) is 115 cm³/mol. The Kier molecular flexibility index (Phi) is 6.22. The minimum Gasteiger partial charge on any atom is -0.496 e. The number of ether oxygens (including phenoxy) is 3. The van der Waals surface area contributed by atoms with Crippen molar-refractivity contribution in [3.05, 3.63) is 47.2 Å². The summed E-state index contributed by atoms with van der Waals surface area (Å²) in [5, 5.41) is 14.2. The Balaban J connectivity index is 1.58. The normalized spacial score (nSPS) is 13.8. The number of anilines is 1. The Morgan fingerprint density at radius 1 is 1.10 bits per heavy atom. The van der Waals surface area contributed by atoms with Gasteiger partial charge in [0, 0.05) is 17.8 Å². The number of hydrogen-bond donors (Lipinski definition) is 1. The third kappa shape index (κ3) is 4.56. The maximum atomic E-state index is 13.0. The molecule has 1 fully saturated rings. The molecule has 0 radical (unpaired) electrons. The van der Waals surface area contributed by atoms with E-state index in [9.17, 15) is 4.79 Å². The van der Waals surface area contributed by atoms with Crippen molar-refractivity contribution >= 4 is 23.2 Å². The molecule has 1 amide bonds. The van der Waals surface area contributed by atoms with Crippen molar-refractivity contribution in [2.24, 2.45) is 0 Å². The highest BCUT2D eigenvalue weighted by Gasteiger charge is 2.21. The summed E-state index contributed by atoms with van der Waals surface area (Å²) in [6, 6.07) is 8.41. The number of amides is 1. The van der Waals surface area contributed by atoms with Crippen LogP contribution in [-0.2, 0) is 0 Å². The number of benzene rings is 2. The number of carbonyl (C=O) groups excluding carboxylic acids is 1. The van der Waals surface area contributed by atoms with Crippen molar-refractivity contribution in [3.8, 4) is 22.9 Å². The summed E-state index contributed by atoms with van der Waals surface area (Å²) < 4.78 is 18.3. The zero-order chi connectivity index (χ0) is 21.8. The summed E-state index contributed by atoms with van der Waals surface area (Å²) in [4.78, 5) is 13.0.